The fourth-order valence-corrected chi connectivity index (χ4v) is 3.72. The number of aryl methyl sites for hydroxylation is 1. The summed E-state index contributed by atoms with van der Waals surface area (Å²) < 4.78 is 9.53. The third kappa shape index (κ3) is 5.02. The van der Waals surface area contributed by atoms with Crippen molar-refractivity contribution in [3.05, 3.63) is 75.7 Å². The van der Waals surface area contributed by atoms with Gasteiger partial charge in [0.05, 0.1) is 36.7 Å². The van der Waals surface area contributed by atoms with Crippen molar-refractivity contribution in [2.75, 3.05) is 19.5 Å². The first-order valence-corrected chi connectivity index (χ1v) is 10.6. The average molecular weight is 448 g/mol. The molecular weight excluding hydrogens is 426 g/mol. The number of anilines is 1. The number of hydrogen-bond donors (Lipinski definition) is 1. The molecule has 0 unspecified atom stereocenters. The van der Waals surface area contributed by atoms with Crippen molar-refractivity contribution in [3.8, 4) is 17.3 Å². The number of rotatable bonds is 7. The number of nitrogens with one attached hydrogen (secondary N) is 1. The Hall–Kier alpha value is -3.96. The summed E-state index contributed by atoms with van der Waals surface area (Å²) >= 11 is 1.34. The molecule has 1 aromatic heterocycles. The van der Waals surface area contributed by atoms with Crippen LogP contribution in [0, 0.1) is 11.3 Å². The summed E-state index contributed by atoms with van der Waals surface area (Å²) in [7, 11) is 2.54. The molecule has 162 valence electrons. The van der Waals surface area contributed by atoms with Gasteiger partial charge in [0.1, 0.15) is 16.6 Å². The van der Waals surface area contributed by atoms with E-state index in [1.165, 1.54) is 55.5 Å². The summed E-state index contributed by atoms with van der Waals surface area (Å²) in [6.07, 6.45) is 2.41. The highest BCUT2D eigenvalue weighted by atomic mass is 32.1. The number of esters is 2. The maximum atomic E-state index is 12.1. The number of ether oxygens (including phenoxy) is 2. The summed E-state index contributed by atoms with van der Waals surface area (Å²) in [6, 6.07) is 14.6. The Bertz CT molecular complexity index is 1210. The lowest BCUT2D eigenvalue weighted by Crippen LogP contribution is -2.08. The van der Waals surface area contributed by atoms with Gasteiger partial charge in [-0.15, -0.1) is 11.3 Å². The van der Waals surface area contributed by atoms with Gasteiger partial charge in [-0.2, -0.15) is 5.26 Å². The second kappa shape index (κ2) is 10.4. The topological polar surface area (TPSA) is 101 Å². The molecule has 0 saturated carbocycles. The molecule has 7 nitrogen and oxygen atoms in total. The lowest BCUT2D eigenvalue weighted by molar-refractivity contribution is 0.0587. The molecular formula is C24H21N3O4S. The highest BCUT2D eigenvalue weighted by Gasteiger charge is 2.16. The fraction of sp³-hybridized carbons (Fsp3) is 0.167. The van der Waals surface area contributed by atoms with Gasteiger partial charge in [-0.05, 0) is 30.2 Å². The molecule has 0 fully saturated rings. The minimum Gasteiger partial charge on any atom is -0.465 e. The molecule has 0 radical (unpaired) electrons. The number of benzene rings is 2. The third-order valence-corrected chi connectivity index (χ3v) is 5.61. The van der Waals surface area contributed by atoms with E-state index < -0.39 is 11.9 Å². The minimum atomic E-state index is -0.581. The maximum absolute atomic E-state index is 12.1. The van der Waals surface area contributed by atoms with Crippen molar-refractivity contribution in [2.24, 2.45) is 0 Å². The van der Waals surface area contributed by atoms with E-state index in [2.05, 4.69) is 35.4 Å². The number of nitriles is 1. The summed E-state index contributed by atoms with van der Waals surface area (Å²) in [5.41, 5.74) is 4.03. The van der Waals surface area contributed by atoms with Crippen molar-refractivity contribution in [3.63, 3.8) is 0 Å². The van der Waals surface area contributed by atoms with Crippen LogP contribution >= 0.6 is 11.3 Å². The van der Waals surface area contributed by atoms with Crippen LogP contribution in [-0.2, 0) is 15.9 Å². The quantitative estimate of drug-likeness (QED) is 0.405. The standard InChI is InChI=1S/C24H21N3O4S/c1-4-15-5-7-16(8-6-15)21-14-32-22(27-21)18(12-25)13-26-20-11-17(23(28)30-2)9-10-19(20)24(29)31-3/h5-11,13-14,26H,4H2,1-3H3. The Morgan fingerprint density at radius 3 is 2.47 bits per heavy atom. The van der Waals surface area contributed by atoms with E-state index in [1.54, 1.807) is 0 Å². The zero-order valence-electron chi connectivity index (χ0n) is 17.8. The Kier molecular flexibility index (Phi) is 7.37. The fourth-order valence-electron chi connectivity index (χ4n) is 2.93. The summed E-state index contributed by atoms with van der Waals surface area (Å²) in [4.78, 5) is 28.5. The van der Waals surface area contributed by atoms with Crippen LogP contribution < -0.4 is 5.32 Å². The van der Waals surface area contributed by atoms with Crippen molar-refractivity contribution >= 4 is 34.5 Å². The van der Waals surface area contributed by atoms with E-state index in [-0.39, 0.29) is 16.7 Å². The first-order valence-electron chi connectivity index (χ1n) is 9.73. The largest absolute Gasteiger partial charge is 0.465 e. The Labute approximate surface area is 189 Å². The predicted molar refractivity (Wildman–Crippen MR) is 123 cm³/mol. The van der Waals surface area contributed by atoms with Crippen molar-refractivity contribution in [2.45, 2.75) is 13.3 Å². The second-order valence-electron chi connectivity index (χ2n) is 6.65. The molecule has 0 atom stereocenters. The number of carbonyl (C=O) groups excluding carboxylic acids is 2. The molecule has 1 N–H and O–H groups in total. The molecule has 0 amide bonds. The van der Waals surface area contributed by atoms with Gasteiger partial charge in [0.2, 0.25) is 0 Å². The lowest BCUT2D eigenvalue weighted by Gasteiger charge is -2.10. The lowest BCUT2D eigenvalue weighted by atomic mass is 10.1. The molecule has 0 bridgehead atoms. The Morgan fingerprint density at radius 2 is 1.84 bits per heavy atom. The Balaban J connectivity index is 1.90. The van der Waals surface area contributed by atoms with Gasteiger partial charge in [0.15, 0.2) is 0 Å². The molecule has 0 saturated heterocycles. The van der Waals surface area contributed by atoms with E-state index in [0.29, 0.717) is 10.7 Å². The zero-order valence-corrected chi connectivity index (χ0v) is 18.7. The molecule has 0 aliphatic rings. The highest BCUT2D eigenvalue weighted by Crippen LogP contribution is 2.27. The number of nitrogens with zero attached hydrogens (tertiary/aromatic N) is 2. The molecule has 1 heterocycles. The number of thiazole rings is 1. The zero-order chi connectivity index (χ0) is 23.1. The Morgan fingerprint density at radius 1 is 1.12 bits per heavy atom. The third-order valence-electron chi connectivity index (χ3n) is 4.73. The van der Waals surface area contributed by atoms with E-state index in [9.17, 15) is 14.9 Å². The minimum absolute atomic E-state index is 0.213. The summed E-state index contributed by atoms with van der Waals surface area (Å²) in [5, 5.41) is 15.0. The van der Waals surface area contributed by atoms with Crippen LogP contribution in [0.5, 0.6) is 0 Å². The van der Waals surface area contributed by atoms with Crippen LogP contribution in [0.25, 0.3) is 16.8 Å². The van der Waals surface area contributed by atoms with Crippen LogP contribution in [-0.4, -0.2) is 31.1 Å². The highest BCUT2D eigenvalue weighted by molar-refractivity contribution is 7.11. The van der Waals surface area contributed by atoms with Gasteiger partial charge in [0, 0.05) is 17.1 Å². The van der Waals surface area contributed by atoms with Gasteiger partial charge in [0.25, 0.3) is 0 Å². The number of hydrogen-bond acceptors (Lipinski definition) is 8. The predicted octanol–water partition coefficient (Wildman–Crippen LogP) is 4.92. The van der Waals surface area contributed by atoms with Crippen LogP contribution in [0.3, 0.4) is 0 Å². The number of aromatic nitrogens is 1. The van der Waals surface area contributed by atoms with Crippen LogP contribution in [0.4, 0.5) is 5.69 Å². The second-order valence-corrected chi connectivity index (χ2v) is 7.50. The van der Waals surface area contributed by atoms with Gasteiger partial charge >= 0.3 is 11.9 Å². The van der Waals surface area contributed by atoms with E-state index >= 15 is 0 Å². The van der Waals surface area contributed by atoms with E-state index in [0.717, 1.165) is 17.7 Å². The first kappa shape index (κ1) is 22.7. The van der Waals surface area contributed by atoms with Crippen LogP contribution in [0.2, 0.25) is 0 Å². The first-order chi connectivity index (χ1) is 15.5. The molecule has 0 aliphatic heterocycles. The molecule has 0 aliphatic carbocycles. The SMILES string of the molecule is CCc1ccc(-c2csc(C(C#N)=CNc3cc(C(=O)OC)ccc3C(=O)OC)n2)cc1. The van der Waals surface area contributed by atoms with Crippen molar-refractivity contribution < 1.29 is 19.1 Å². The van der Waals surface area contributed by atoms with Crippen LogP contribution in [0.15, 0.2) is 54.0 Å². The summed E-state index contributed by atoms with van der Waals surface area (Å²) in [5.74, 6) is -1.13. The van der Waals surface area contributed by atoms with Gasteiger partial charge in [-0.1, -0.05) is 31.2 Å². The van der Waals surface area contributed by atoms with Crippen molar-refractivity contribution in [1.82, 2.24) is 4.98 Å². The smallest absolute Gasteiger partial charge is 0.339 e. The van der Waals surface area contributed by atoms with Gasteiger partial charge < -0.3 is 14.8 Å². The van der Waals surface area contributed by atoms with Crippen molar-refractivity contribution in [1.29, 1.82) is 5.26 Å². The number of methoxy groups -OCH3 is 2. The maximum Gasteiger partial charge on any atom is 0.339 e. The van der Waals surface area contributed by atoms with E-state index in [4.69, 9.17) is 9.47 Å². The molecule has 0 spiro atoms. The van der Waals surface area contributed by atoms with E-state index in [1.807, 2.05) is 17.5 Å². The average Bonchev–Trinajstić information content (AvgIpc) is 3.33. The monoisotopic (exact) mass is 447 g/mol. The number of allylic oxidation sites excluding steroid dienone is 1. The van der Waals surface area contributed by atoms with Gasteiger partial charge in [-0.25, -0.2) is 14.6 Å². The summed E-state index contributed by atoms with van der Waals surface area (Å²) in [6.45, 7) is 2.10. The molecule has 8 heteroatoms. The molecule has 3 rings (SSSR count). The number of carbonyl (C=O) groups is 2. The normalized spacial score (nSPS) is 10.9. The molecule has 2 aromatic carbocycles. The molecule has 32 heavy (non-hydrogen) atoms. The molecule has 3 aromatic rings. The van der Waals surface area contributed by atoms with Crippen LogP contribution in [0.1, 0.15) is 38.2 Å². The van der Waals surface area contributed by atoms with Gasteiger partial charge in [-0.3, -0.25) is 0 Å².